The van der Waals surface area contributed by atoms with Crippen molar-refractivity contribution in [2.45, 2.75) is 42.5 Å². The van der Waals surface area contributed by atoms with E-state index in [1.165, 1.54) is 19.2 Å². The Morgan fingerprint density at radius 1 is 1.06 bits per heavy atom. The van der Waals surface area contributed by atoms with Gasteiger partial charge in [-0.25, -0.2) is 8.42 Å². The second kappa shape index (κ2) is 8.95. The number of benzene rings is 2. The molecule has 0 aliphatic carbocycles. The van der Waals surface area contributed by atoms with E-state index in [0.29, 0.717) is 11.3 Å². The molecule has 4 aromatic rings. The van der Waals surface area contributed by atoms with Gasteiger partial charge in [-0.15, -0.1) is 0 Å². The Labute approximate surface area is 198 Å². The first-order valence-corrected chi connectivity index (χ1v) is 12.2. The number of sulfone groups is 1. The van der Waals surface area contributed by atoms with Gasteiger partial charge in [-0.3, -0.25) is 9.78 Å². The van der Waals surface area contributed by atoms with E-state index in [0.717, 1.165) is 16.5 Å². The van der Waals surface area contributed by atoms with Gasteiger partial charge in [-0.05, 0) is 52.9 Å². The smallest absolute Gasteiger partial charge is 0.287 e. The van der Waals surface area contributed by atoms with E-state index in [9.17, 15) is 13.2 Å². The molecule has 7 nitrogen and oxygen atoms in total. The van der Waals surface area contributed by atoms with Crippen LogP contribution in [0.5, 0.6) is 5.75 Å². The summed E-state index contributed by atoms with van der Waals surface area (Å²) in [6.07, 6.45) is 3.18. The van der Waals surface area contributed by atoms with Gasteiger partial charge in [0.2, 0.25) is 9.84 Å². The van der Waals surface area contributed by atoms with Crippen molar-refractivity contribution in [2.75, 3.05) is 7.11 Å². The van der Waals surface area contributed by atoms with Crippen molar-refractivity contribution in [3.05, 3.63) is 83.9 Å². The summed E-state index contributed by atoms with van der Waals surface area (Å²) in [6.45, 7) is 6.29. The van der Waals surface area contributed by atoms with E-state index in [-0.39, 0.29) is 33.4 Å². The van der Waals surface area contributed by atoms with E-state index in [1.54, 1.807) is 48.8 Å². The number of rotatable bonds is 6. The molecule has 1 amide bonds. The number of amides is 1. The topological polar surface area (TPSA) is 98.5 Å². The zero-order valence-electron chi connectivity index (χ0n) is 19.5. The van der Waals surface area contributed by atoms with Crippen molar-refractivity contribution in [3.63, 3.8) is 0 Å². The molecule has 2 heterocycles. The maximum absolute atomic E-state index is 13.4. The molecule has 0 saturated heterocycles. The number of furan rings is 1. The summed E-state index contributed by atoms with van der Waals surface area (Å²) in [6, 6.07) is 15.1. The minimum atomic E-state index is -3.80. The summed E-state index contributed by atoms with van der Waals surface area (Å²) in [5.74, 6) is 0.120. The van der Waals surface area contributed by atoms with Crippen LogP contribution in [0.15, 0.2) is 81.2 Å². The molecule has 0 aliphatic heterocycles. The maximum atomic E-state index is 13.4. The van der Waals surface area contributed by atoms with Crippen molar-refractivity contribution in [1.82, 2.24) is 10.3 Å². The Morgan fingerprint density at radius 3 is 2.44 bits per heavy atom. The minimum Gasteiger partial charge on any atom is -0.495 e. The lowest BCUT2D eigenvalue weighted by atomic mass is 9.87. The van der Waals surface area contributed by atoms with Crippen LogP contribution in [0.25, 0.3) is 11.0 Å². The molecule has 2 aromatic heterocycles. The summed E-state index contributed by atoms with van der Waals surface area (Å²) < 4.78 is 37.6. The molecule has 0 unspecified atom stereocenters. The van der Waals surface area contributed by atoms with Crippen LogP contribution < -0.4 is 10.1 Å². The van der Waals surface area contributed by atoms with E-state index in [1.807, 2.05) is 26.8 Å². The summed E-state index contributed by atoms with van der Waals surface area (Å²) in [4.78, 5) is 16.7. The number of hydrogen-bond acceptors (Lipinski definition) is 6. The molecule has 4 rings (SSSR count). The molecule has 8 heteroatoms. The van der Waals surface area contributed by atoms with Crippen LogP contribution in [-0.2, 0) is 21.8 Å². The standard InChI is InChI=1S/C26H26N2O5S/c1-26(2,3)19-7-10-21(32-4)24(14-19)34(30,31)20-8-5-17(6-9-20)15-28-25(29)22-13-18-11-12-27-16-23(18)33-22/h5-14,16H,15H2,1-4H3,(H,28,29). The average molecular weight is 479 g/mol. The highest BCUT2D eigenvalue weighted by Gasteiger charge is 2.25. The Kier molecular flexibility index (Phi) is 6.18. The SMILES string of the molecule is COc1ccc(C(C)(C)C)cc1S(=O)(=O)c1ccc(CNC(=O)c2cc3ccncc3o2)cc1. The zero-order valence-corrected chi connectivity index (χ0v) is 20.3. The van der Waals surface area contributed by atoms with Gasteiger partial charge in [0.1, 0.15) is 10.6 Å². The fourth-order valence-corrected chi connectivity index (χ4v) is 4.98. The molecule has 0 bridgehead atoms. The highest BCUT2D eigenvalue weighted by Crippen LogP contribution is 2.34. The molecule has 34 heavy (non-hydrogen) atoms. The van der Waals surface area contributed by atoms with Crippen molar-refractivity contribution in [1.29, 1.82) is 0 Å². The number of fused-ring (bicyclic) bond motifs is 1. The molecular formula is C26H26N2O5S. The normalized spacial score (nSPS) is 12.0. The third-order valence-corrected chi connectivity index (χ3v) is 7.34. The van der Waals surface area contributed by atoms with Crippen molar-refractivity contribution in [3.8, 4) is 5.75 Å². The van der Waals surface area contributed by atoms with Crippen molar-refractivity contribution in [2.24, 2.45) is 0 Å². The van der Waals surface area contributed by atoms with Gasteiger partial charge >= 0.3 is 0 Å². The molecule has 0 spiro atoms. The molecular weight excluding hydrogens is 452 g/mol. The first-order chi connectivity index (χ1) is 16.1. The van der Waals surface area contributed by atoms with Gasteiger partial charge in [0.05, 0.1) is 18.2 Å². The van der Waals surface area contributed by atoms with Crippen LogP contribution in [0.3, 0.4) is 0 Å². The second-order valence-corrected chi connectivity index (χ2v) is 10.9. The molecule has 176 valence electrons. The predicted molar refractivity (Wildman–Crippen MR) is 129 cm³/mol. The first kappa shape index (κ1) is 23.5. The maximum Gasteiger partial charge on any atom is 0.287 e. The predicted octanol–water partition coefficient (Wildman–Crippen LogP) is 4.90. The van der Waals surface area contributed by atoms with Crippen LogP contribution in [0.1, 0.15) is 42.5 Å². The largest absolute Gasteiger partial charge is 0.495 e. The second-order valence-electron chi connectivity index (χ2n) is 8.97. The number of carbonyl (C=O) groups is 1. The number of nitrogens with zero attached hydrogens (tertiary/aromatic N) is 1. The van der Waals surface area contributed by atoms with Gasteiger partial charge in [0.15, 0.2) is 11.3 Å². The van der Waals surface area contributed by atoms with E-state index < -0.39 is 9.84 Å². The lowest BCUT2D eigenvalue weighted by Crippen LogP contribution is -2.22. The molecule has 1 N–H and O–H groups in total. The third-order valence-electron chi connectivity index (χ3n) is 5.55. The van der Waals surface area contributed by atoms with Crippen LogP contribution in [0.2, 0.25) is 0 Å². The number of carbonyl (C=O) groups excluding carboxylic acids is 1. The molecule has 0 atom stereocenters. The fourth-order valence-electron chi connectivity index (χ4n) is 3.53. The number of pyridine rings is 1. The van der Waals surface area contributed by atoms with Gasteiger partial charge in [0.25, 0.3) is 5.91 Å². The number of hydrogen-bond donors (Lipinski definition) is 1. The first-order valence-electron chi connectivity index (χ1n) is 10.7. The summed E-state index contributed by atoms with van der Waals surface area (Å²) >= 11 is 0. The van der Waals surface area contributed by atoms with Gasteiger partial charge < -0.3 is 14.5 Å². The quantitative estimate of drug-likeness (QED) is 0.423. The zero-order chi connectivity index (χ0) is 24.5. The van der Waals surface area contributed by atoms with Crippen LogP contribution in [0, 0.1) is 0 Å². The summed E-state index contributed by atoms with van der Waals surface area (Å²) in [5.41, 5.74) is 1.97. The molecule has 0 radical (unpaired) electrons. The summed E-state index contributed by atoms with van der Waals surface area (Å²) in [5, 5.41) is 3.58. The number of aromatic nitrogens is 1. The number of nitrogens with one attached hydrogen (secondary N) is 1. The van der Waals surface area contributed by atoms with Gasteiger partial charge in [0, 0.05) is 18.1 Å². The van der Waals surface area contributed by atoms with E-state index in [4.69, 9.17) is 9.15 Å². The average Bonchev–Trinajstić information content (AvgIpc) is 3.26. The Morgan fingerprint density at radius 2 is 1.79 bits per heavy atom. The minimum absolute atomic E-state index is 0.128. The van der Waals surface area contributed by atoms with Crippen LogP contribution >= 0.6 is 0 Å². The lowest BCUT2D eigenvalue weighted by molar-refractivity contribution is 0.0925. The summed E-state index contributed by atoms with van der Waals surface area (Å²) in [7, 11) is -2.35. The fraction of sp³-hybridized carbons (Fsp3) is 0.231. The van der Waals surface area contributed by atoms with Gasteiger partial charge in [-0.1, -0.05) is 39.0 Å². The molecule has 0 fully saturated rings. The van der Waals surface area contributed by atoms with E-state index >= 15 is 0 Å². The van der Waals surface area contributed by atoms with E-state index in [2.05, 4.69) is 10.3 Å². The number of methoxy groups -OCH3 is 1. The monoisotopic (exact) mass is 478 g/mol. The highest BCUT2D eigenvalue weighted by molar-refractivity contribution is 7.91. The van der Waals surface area contributed by atoms with Crippen molar-refractivity contribution >= 4 is 26.7 Å². The Hall–Kier alpha value is -3.65. The van der Waals surface area contributed by atoms with Crippen molar-refractivity contribution < 1.29 is 22.4 Å². The highest BCUT2D eigenvalue weighted by atomic mass is 32.2. The van der Waals surface area contributed by atoms with Gasteiger partial charge in [-0.2, -0.15) is 0 Å². The van der Waals surface area contributed by atoms with Crippen LogP contribution in [-0.4, -0.2) is 26.4 Å². The molecule has 2 aromatic carbocycles. The third kappa shape index (κ3) is 4.68. The lowest BCUT2D eigenvalue weighted by Gasteiger charge is -2.21. The number of ether oxygens (including phenoxy) is 1. The van der Waals surface area contributed by atoms with Crippen LogP contribution in [0.4, 0.5) is 0 Å². The Bertz CT molecular complexity index is 1420. The molecule has 0 saturated carbocycles. The molecule has 0 aliphatic rings. The Balaban J connectivity index is 1.52.